The van der Waals surface area contributed by atoms with Crippen molar-refractivity contribution in [1.82, 2.24) is 15.7 Å². The minimum Gasteiger partial charge on any atom is -0.459 e. The molecule has 0 aromatic heterocycles. The molecule has 0 radical (unpaired) electrons. The Kier molecular flexibility index (Phi) is 12.4. The molecule has 3 aromatic rings. The summed E-state index contributed by atoms with van der Waals surface area (Å²) < 4.78 is 11.1. The van der Waals surface area contributed by atoms with Crippen LogP contribution in [0.1, 0.15) is 70.6 Å². The normalized spacial score (nSPS) is 14.7. The van der Waals surface area contributed by atoms with Crippen LogP contribution in [0, 0.1) is 17.8 Å². The van der Waals surface area contributed by atoms with E-state index in [0.717, 1.165) is 27.8 Å². The molecule has 0 bridgehead atoms. The third-order valence-electron chi connectivity index (χ3n) is 8.93. The highest BCUT2D eigenvalue weighted by molar-refractivity contribution is 5.93. The van der Waals surface area contributed by atoms with Crippen molar-refractivity contribution in [3.05, 3.63) is 95.6 Å². The second-order valence-corrected chi connectivity index (χ2v) is 13.0. The molecule has 0 fully saturated rings. The van der Waals surface area contributed by atoms with Gasteiger partial charge in [-0.1, -0.05) is 127 Å². The number of carbonyl (C=O) groups excluding carboxylic acids is 4. The van der Waals surface area contributed by atoms with Crippen molar-refractivity contribution in [2.75, 3.05) is 6.61 Å². The lowest BCUT2D eigenvalue weighted by atomic mass is 9.95. The van der Waals surface area contributed by atoms with E-state index in [1.54, 1.807) is 34.6 Å². The largest absolute Gasteiger partial charge is 0.459 e. The molecule has 0 heterocycles. The van der Waals surface area contributed by atoms with Crippen molar-refractivity contribution < 1.29 is 33.9 Å². The summed E-state index contributed by atoms with van der Waals surface area (Å²) in [5, 5.41) is 16.9. The van der Waals surface area contributed by atoms with E-state index >= 15 is 0 Å². The zero-order valence-electron chi connectivity index (χ0n) is 28.5. The van der Waals surface area contributed by atoms with Gasteiger partial charge in [0.15, 0.2) is 0 Å². The highest BCUT2D eigenvalue weighted by atomic mass is 16.6. The average Bonchev–Trinajstić information content (AvgIpc) is 3.40. The maximum Gasteiger partial charge on any atom is 0.407 e. The zero-order valence-corrected chi connectivity index (χ0v) is 28.5. The number of ether oxygens (including phenoxy) is 2. The first-order valence-corrected chi connectivity index (χ1v) is 16.6. The minimum absolute atomic E-state index is 0.0368. The van der Waals surface area contributed by atoms with Gasteiger partial charge in [0.05, 0.1) is 0 Å². The predicted octanol–water partition coefficient (Wildman–Crippen LogP) is 6.07. The maximum atomic E-state index is 13.8. The molecular formula is C38H47N3O7. The summed E-state index contributed by atoms with van der Waals surface area (Å²) in [6, 6.07) is 21.6. The molecule has 1 aliphatic rings. The number of carbonyl (C=O) groups is 4. The molecule has 0 saturated carbocycles. The van der Waals surface area contributed by atoms with Gasteiger partial charge in [0.1, 0.15) is 31.3 Å². The Balaban J connectivity index is 1.43. The van der Waals surface area contributed by atoms with Crippen molar-refractivity contribution in [3.8, 4) is 11.1 Å². The lowest BCUT2D eigenvalue weighted by Gasteiger charge is -2.33. The van der Waals surface area contributed by atoms with Gasteiger partial charge < -0.3 is 20.1 Å². The smallest absolute Gasteiger partial charge is 0.407 e. The summed E-state index contributed by atoms with van der Waals surface area (Å²) in [5.74, 6) is -3.66. The van der Waals surface area contributed by atoms with Crippen LogP contribution in [-0.2, 0) is 30.5 Å². The lowest BCUT2D eigenvalue weighted by Crippen LogP contribution is -2.59. The van der Waals surface area contributed by atoms with Crippen molar-refractivity contribution >= 4 is 23.9 Å². The molecule has 256 valence electrons. The van der Waals surface area contributed by atoms with Gasteiger partial charge in [-0.25, -0.2) is 14.7 Å². The third-order valence-corrected chi connectivity index (χ3v) is 8.93. The highest BCUT2D eigenvalue weighted by Crippen LogP contribution is 2.44. The Morgan fingerprint density at radius 1 is 0.750 bits per heavy atom. The SMILES string of the molecule is CC[C@H](C)[C@H](NC(=O)OCC1c2ccccc2-c2ccccc21)C(=O)N(O)[C@@H](C(=O)N[C@H](C(=O)OCc1ccccc1)C(C)C)C(C)C. The maximum absolute atomic E-state index is 13.8. The van der Waals surface area contributed by atoms with Gasteiger partial charge in [0, 0.05) is 5.92 Å². The Morgan fingerprint density at radius 3 is 1.85 bits per heavy atom. The molecule has 10 nitrogen and oxygen atoms in total. The number of esters is 1. The Bertz CT molecular complexity index is 1530. The van der Waals surface area contributed by atoms with Crippen molar-refractivity contribution in [3.63, 3.8) is 0 Å². The van der Waals surface area contributed by atoms with Gasteiger partial charge in [0.2, 0.25) is 5.91 Å². The number of nitrogens with zero attached hydrogens (tertiary/aromatic N) is 1. The van der Waals surface area contributed by atoms with Crippen LogP contribution in [0.5, 0.6) is 0 Å². The molecule has 10 heteroatoms. The van der Waals surface area contributed by atoms with E-state index in [1.165, 1.54) is 0 Å². The molecule has 0 unspecified atom stereocenters. The summed E-state index contributed by atoms with van der Waals surface area (Å²) >= 11 is 0. The van der Waals surface area contributed by atoms with Crippen molar-refractivity contribution in [2.45, 2.75) is 78.6 Å². The fraction of sp³-hybridized carbons (Fsp3) is 0.421. The monoisotopic (exact) mass is 657 g/mol. The molecule has 0 aliphatic heterocycles. The van der Waals surface area contributed by atoms with Gasteiger partial charge in [-0.2, -0.15) is 0 Å². The second kappa shape index (κ2) is 16.4. The van der Waals surface area contributed by atoms with Crippen molar-refractivity contribution in [1.29, 1.82) is 0 Å². The Hall–Kier alpha value is -4.70. The van der Waals surface area contributed by atoms with E-state index in [0.29, 0.717) is 11.5 Å². The first-order chi connectivity index (χ1) is 22.9. The highest BCUT2D eigenvalue weighted by Gasteiger charge is 2.40. The van der Waals surface area contributed by atoms with Gasteiger partial charge in [-0.3, -0.25) is 14.8 Å². The quantitative estimate of drug-likeness (QED) is 0.109. The predicted molar refractivity (Wildman–Crippen MR) is 182 cm³/mol. The first kappa shape index (κ1) is 36.1. The lowest BCUT2D eigenvalue weighted by molar-refractivity contribution is -0.187. The summed E-state index contributed by atoms with van der Waals surface area (Å²) in [7, 11) is 0. The standard InChI is InChI=1S/C38H47N3O7/c1-7-25(6)33(40-38(45)48-22-31-29-19-13-11-17-27(29)28-18-12-14-20-30(28)31)36(43)41(46)34(24(4)5)35(42)39-32(23(2)3)37(44)47-21-26-15-9-8-10-16-26/h8-20,23-25,31-34,46H,7,21-22H2,1-6H3,(H,39,42)(H,40,45)/t25-,32-,33-,34+/m0/s1. The third kappa shape index (κ3) is 8.41. The van der Waals surface area contributed by atoms with Crippen LogP contribution < -0.4 is 10.6 Å². The number of hydrogen-bond acceptors (Lipinski definition) is 7. The van der Waals surface area contributed by atoms with E-state index in [2.05, 4.69) is 10.6 Å². The van der Waals surface area contributed by atoms with Gasteiger partial charge in [-0.05, 0) is 45.6 Å². The number of rotatable bonds is 14. The van der Waals surface area contributed by atoms with E-state index in [1.807, 2.05) is 85.8 Å². The summed E-state index contributed by atoms with van der Waals surface area (Å²) in [6.07, 6.45) is -0.315. The molecular weight excluding hydrogens is 610 g/mol. The molecule has 3 aromatic carbocycles. The van der Waals surface area contributed by atoms with E-state index in [9.17, 15) is 24.4 Å². The van der Waals surface area contributed by atoms with Crippen LogP contribution in [0.4, 0.5) is 4.79 Å². The number of benzene rings is 3. The van der Waals surface area contributed by atoms with Crippen LogP contribution in [0.2, 0.25) is 0 Å². The fourth-order valence-corrected chi connectivity index (χ4v) is 5.98. The molecule has 3 amide bonds. The average molecular weight is 658 g/mol. The van der Waals surface area contributed by atoms with Crippen LogP contribution in [0.15, 0.2) is 78.9 Å². The summed E-state index contributed by atoms with van der Waals surface area (Å²) in [4.78, 5) is 53.5. The van der Waals surface area contributed by atoms with Crippen LogP contribution in [-0.4, -0.2) is 58.9 Å². The Labute approximate surface area is 282 Å². The van der Waals surface area contributed by atoms with Gasteiger partial charge >= 0.3 is 12.1 Å². The van der Waals surface area contributed by atoms with E-state index < -0.39 is 53.8 Å². The zero-order chi connectivity index (χ0) is 35.0. The van der Waals surface area contributed by atoms with E-state index in [4.69, 9.17) is 9.47 Å². The number of hydroxylamine groups is 2. The van der Waals surface area contributed by atoms with Gasteiger partial charge in [0.25, 0.3) is 5.91 Å². The molecule has 48 heavy (non-hydrogen) atoms. The first-order valence-electron chi connectivity index (χ1n) is 16.6. The number of fused-ring (bicyclic) bond motifs is 3. The Morgan fingerprint density at radius 2 is 1.31 bits per heavy atom. The number of alkyl carbamates (subject to hydrolysis) is 1. The van der Waals surface area contributed by atoms with E-state index in [-0.39, 0.29) is 25.0 Å². The van der Waals surface area contributed by atoms with Crippen LogP contribution >= 0.6 is 0 Å². The summed E-state index contributed by atoms with van der Waals surface area (Å²) in [5.41, 5.74) is 5.08. The molecule has 3 N–H and O–H groups in total. The van der Waals surface area contributed by atoms with Crippen molar-refractivity contribution in [2.24, 2.45) is 17.8 Å². The van der Waals surface area contributed by atoms with Crippen LogP contribution in [0.25, 0.3) is 11.1 Å². The molecule has 4 rings (SSSR count). The topological polar surface area (TPSA) is 134 Å². The van der Waals surface area contributed by atoms with Gasteiger partial charge in [-0.15, -0.1) is 0 Å². The molecule has 0 saturated heterocycles. The molecule has 0 spiro atoms. The number of nitrogens with one attached hydrogen (secondary N) is 2. The molecule has 1 aliphatic carbocycles. The summed E-state index contributed by atoms with van der Waals surface area (Å²) in [6.45, 7) is 10.6. The molecule has 4 atom stereocenters. The second-order valence-electron chi connectivity index (χ2n) is 13.0. The number of amides is 3. The number of hydrogen-bond donors (Lipinski definition) is 3. The van der Waals surface area contributed by atoms with Crippen LogP contribution in [0.3, 0.4) is 0 Å². The fourth-order valence-electron chi connectivity index (χ4n) is 5.98. The minimum atomic E-state index is -1.35.